The first-order chi connectivity index (χ1) is 16.9. The van der Waals surface area contributed by atoms with Gasteiger partial charge in [-0.3, -0.25) is 4.57 Å². The van der Waals surface area contributed by atoms with Gasteiger partial charge in [0, 0.05) is 27.3 Å². The predicted octanol–water partition coefficient (Wildman–Crippen LogP) is 5.45. The van der Waals surface area contributed by atoms with Crippen molar-refractivity contribution >= 4 is 39.6 Å². The van der Waals surface area contributed by atoms with Crippen LogP contribution in [-0.4, -0.2) is 16.5 Å². The van der Waals surface area contributed by atoms with Crippen molar-refractivity contribution in [2.24, 2.45) is 0 Å². The van der Waals surface area contributed by atoms with Gasteiger partial charge in [-0.15, -0.1) is 0 Å². The molecule has 4 nitrogen and oxygen atoms in total. The molecule has 8 rings (SSSR count). The minimum atomic E-state index is -0.246. The normalized spacial score (nSPS) is 13.1. The molecule has 5 heteroatoms. The lowest BCUT2D eigenvalue weighted by molar-refractivity contribution is 0.460. The van der Waals surface area contributed by atoms with Crippen LogP contribution >= 0.6 is 0 Å². The molecule has 0 radical (unpaired) electrons. The summed E-state index contributed by atoms with van der Waals surface area (Å²) in [6.45, 7) is -0.246. The van der Waals surface area contributed by atoms with Crippen LogP contribution in [0.25, 0.3) is 38.8 Å². The minimum Gasteiger partial charge on any atom is -0.551 e. The number of ether oxygens (including phenoxy) is 1. The van der Waals surface area contributed by atoms with Crippen molar-refractivity contribution in [2.75, 3.05) is 0 Å². The molecule has 0 saturated heterocycles. The van der Waals surface area contributed by atoms with E-state index in [1.807, 2.05) is 36.4 Å². The second-order valence-corrected chi connectivity index (χ2v) is 8.75. The topological polar surface area (TPSA) is 36.3 Å². The molecule has 34 heavy (non-hydrogen) atoms. The van der Waals surface area contributed by atoms with Crippen LogP contribution in [0.15, 0.2) is 103 Å². The van der Waals surface area contributed by atoms with Gasteiger partial charge in [0.25, 0.3) is 0 Å². The van der Waals surface area contributed by atoms with Crippen molar-refractivity contribution in [2.45, 2.75) is 0 Å². The number of rotatable bonds is 1. The molecule has 158 valence electrons. The van der Waals surface area contributed by atoms with E-state index in [0.717, 1.165) is 50.4 Å². The molecular formula is C29H17BN2O2. The van der Waals surface area contributed by atoms with Crippen molar-refractivity contribution in [3.8, 4) is 34.3 Å². The fourth-order valence-corrected chi connectivity index (χ4v) is 5.45. The van der Waals surface area contributed by atoms with Gasteiger partial charge in [0.15, 0.2) is 0 Å². The first-order valence-corrected chi connectivity index (χ1v) is 11.4. The summed E-state index contributed by atoms with van der Waals surface area (Å²) in [6, 6.07) is 35.4. The van der Waals surface area contributed by atoms with Gasteiger partial charge >= 0.3 is 6.92 Å². The van der Waals surface area contributed by atoms with Crippen molar-refractivity contribution in [1.29, 1.82) is 0 Å². The Kier molecular flexibility index (Phi) is 3.45. The number of nitrogens with zero attached hydrogens (tertiary/aromatic N) is 2. The molecule has 0 bridgehead atoms. The van der Waals surface area contributed by atoms with E-state index in [2.05, 4.69) is 71.3 Å². The van der Waals surface area contributed by atoms with Crippen LogP contribution in [0.4, 0.5) is 0 Å². The predicted molar refractivity (Wildman–Crippen MR) is 136 cm³/mol. The summed E-state index contributed by atoms with van der Waals surface area (Å²) < 4.78 is 15.1. The fraction of sp³-hybridized carbons (Fsp3) is 0. The Balaban J connectivity index is 1.48. The van der Waals surface area contributed by atoms with Crippen molar-refractivity contribution in [3.05, 3.63) is 103 Å². The Bertz CT molecular complexity index is 1740. The van der Waals surface area contributed by atoms with E-state index in [9.17, 15) is 0 Å². The molecule has 0 fully saturated rings. The zero-order chi connectivity index (χ0) is 22.2. The van der Waals surface area contributed by atoms with Crippen LogP contribution in [0.5, 0.6) is 17.4 Å². The molecular weight excluding hydrogens is 419 g/mol. The van der Waals surface area contributed by atoms with Gasteiger partial charge in [-0.25, -0.2) is 0 Å². The highest BCUT2D eigenvalue weighted by molar-refractivity contribution is 6.84. The second-order valence-electron chi connectivity index (χ2n) is 8.75. The van der Waals surface area contributed by atoms with Crippen LogP contribution in [-0.2, 0) is 0 Å². The average molecular weight is 436 g/mol. The molecule has 0 spiro atoms. The van der Waals surface area contributed by atoms with Crippen molar-refractivity contribution < 1.29 is 9.39 Å². The van der Waals surface area contributed by atoms with Crippen LogP contribution in [0.1, 0.15) is 0 Å². The third-order valence-corrected chi connectivity index (χ3v) is 6.91. The minimum absolute atomic E-state index is 0.246. The lowest BCUT2D eigenvalue weighted by Gasteiger charge is -2.32. The van der Waals surface area contributed by atoms with Crippen LogP contribution in [0.3, 0.4) is 0 Å². The van der Waals surface area contributed by atoms with Crippen molar-refractivity contribution in [1.82, 2.24) is 9.55 Å². The van der Waals surface area contributed by atoms with Crippen LogP contribution in [0.2, 0.25) is 0 Å². The highest BCUT2D eigenvalue weighted by atomic mass is 16.5. The summed E-state index contributed by atoms with van der Waals surface area (Å²) in [7, 11) is 0. The molecule has 2 aliphatic rings. The van der Waals surface area contributed by atoms with Crippen molar-refractivity contribution in [3.63, 3.8) is 0 Å². The Labute approximate surface area is 196 Å². The monoisotopic (exact) mass is 436 g/mol. The van der Waals surface area contributed by atoms with E-state index in [4.69, 9.17) is 14.4 Å². The van der Waals surface area contributed by atoms with Gasteiger partial charge in [0.1, 0.15) is 17.3 Å². The van der Waals surface area contributed by atoms with Gasteiger partial charge in [-0.2, -0.15) is 4.98 Å². The summed E-state index contributed by atoms with van der Waals surface area (Å²) in [4.78, 5) is 5.08. The van der Waals surface area contributed by atoms with Gasteiger partial charge < -0.3 is 9.39 Å². The number of fused-ring (bicyclic) bond motifs is 7. The van der Waals surface area contributed by atoms with E-state index in [1.54, 1.807) is 0 Å². The number of pyridine rings is 1. The Morgan fingerprint density at radius 1 is 0.647 bits per heavy atom. The quantitative estimate of drug-likeness (QED) is 0.322. The number of aromatic nitrogens is 2. The highest BCUT2D eigenvalue weighted by Crippen LogP contribution is 2.40. The molecule has 2 aliphatic heterocycles. The van der Waals surface area contributed by atoms with Gasteiger partial charge in [0.2, 0.25) is 5.88 Å². The third kappa shape index (κ3) is 2.31. The van der Waals surface area contributed by atoms with E-state index in [-0.39, 0.29) is 6.92 Å². The van der Waals surface area contributed by atoms with Gasteiger partial charge in [-0.05, 0) is 35.9 Å². The highest BCUT2D eigenvalue weighted by Gasteiger charge is 2.41. The van der Waals surface area contributed by atoms with E-state index in [0.29, 0.717) is 5.88 Å². The maximum atomic E-state index is 6.51. The molecule has 0 N–H and O–H groups in total. The molecule has 4 heterocycles. The van der Waals surface area contributed by atoms with E-state index < -0.39 is 0 Å². The second kappa shape index (κ2) is 6.52. The molecule has 0 unspecified atom stereocenters. The van der Waals surface area contributed by atoms with Gasteiger partial charge in [0.05, 0.1) is 11.0 Å². The molecule has 0 aliphatic carbocycles. The number of benzene rings is 4. The van der Waals surface area contributed by atoms with Gasteiger partial charge in [-0.1, -0.05) is 72.8 Å². The zero-order valence-corrected chi connectivity index (χ0v) is 18.1. The fourth-order valence-electron chi connectivity index (χ4n) is 5.45. The molecule has 0 atom stereocenters. The molecule has 4 aromatic carbocycles. The lowest BCUT2D eigenvalue weighted by Crippen LogP contribution is -2.53. The number of hydrogen-bond donors (Lipinski definition) is 0. The SMILES string of the molecule is c1ccc2c(c1)Oc1nc(-n3c4ccccc4c4ccccc43)cc3c1B2Oc1ccccc1-3. The lowest BCUT2D eigenvalue weighted by atomic mass is 9.51. The maximum absolute atomic E-state index is 6.51. The molecule has 6 aromatic rings. The first kappa shape index (κ1) is 18.0. The molecule has 0 amide bonds. The number of hydrogen-bond acceptors (Lipinski definition) is 3. The standard InChI is InChI=1S/C29H17BN2O2/c1-5-13-23-18(9-1)19-10-2-6-14-24(19)32(23)27-17-21-20-11-3-7-15-25(20)34-30-22-12-4-8-16-26(22)33-29(31-27)28(21)30/h1-17H. The van der Waals surface area contributed by atoms with E-state index in [1.165, 1.54) is 10.8 Å². The third-order valence-electron chi connectivity index (χ3n) is 6.91. The number of para-hydroxylation sites is 4. The van der Waals surface area contributed by atoms with E-state index >= 15 is 0 Å². The summed E-state index contributed by atoms with van der Waals surface area (Å²) in [5, 5.41) is 2.42. The summed E-state index contributed by atoms with van der Waals surface area (Å²) in [6.07, 6.45) is 0. The summed E-state index contributed by atoms with van der Waals surface area (Å²) in [5.41, 5.74) is 6.41. The van der Waals surface area contributed by atoms with Crippen LogP contribution < -0.4 is 20.3 Å². The molecule has 0 saturated carbocycles. The zero-order valence-electron chi connectivity index (χ0n) is 18.1. The molecule has 2 aromatic heterocycles. The largest absolute Gasteiger partial charge is 0.551 e. The Morgan fingerprint density at radius 2 is 1.29 bits per heavy atom. The summed E-state index contributed by atoms with van der Waals surface area (Å²) >= 11 is 0. The van der Waals surface area contributed by atoms with Crippen LogP contribution in [0, 0.1) is 0 Å². The maximum Gasteiger partial charge on any atom is 0.436 e. The Hall–Kier alpha value is -4.51. The Morgan fingerprint density at radius 3 is 2.09 bits per heavy atom. The summed E-state index contributed by atoms with van der Waals surface area (Å²) in [5.74, 6) is 3.10. The smallest absolute Gasteiger partial charge is 0.436 e. The average Bonchev–Trinajstić information content (AvgIpc) is 3.23. The first-order valence-electron chi connectivity index (χ1n) is 11.4.